The largest absolute Gasteiger partial charge is 0.444 e. The maximum absolute atomic E-state index is 15.5. The number of amides is 3. The molecule has 0 aliphatic carbocycles. The Hall–Kier alpha value is -5.49. The molecule has 2 saturated heterocycles. The van der Waals surface area contributed by atoms with E-state index in [-0.39, 0.29) is 24.8 Å². The van der Waals surface area contributed by atoms with Crippen molar-refractivity contribution >= 4 is 23.4 Å². The van der Waals surface area contributed by atoms with E-state index in [2.05, 4.69) is 32.8 Å². The van der Waals surface area contributed by atoms with Gasteiger partial charge in [0.2, 0.25) is 11.8 Å². The Balaban J connectivity index is 0.953. The number of likely N-dealkylation sites (tertiary alicyclic amines) is 1. The maximum Gasteiger partial charge on any atom is 0.407 e. The number of alkyl halides is 2. The molecule has 2 unspecified atom stereocenters. The number of carbonyl (C=O) groups excluding carboxylic acids is 3. The van der Waals surface area contributed by atoms with Gasteiger partial charge in [0, 0.05) is 36.8 Å². The van der Waals surface area contributed by atoms with Gasteiger partial charge in [-0.25, -0.2) is 23.1 Å². The van der Waals surface area contributed by atoms with Crippen molar-refractivity contribution in [3.05, 3.63) is 113 Å². The number of hydrogen-bond acceptors (Lipinski definition) is 7. The lowest BCUT2D eigenvalue weighted by Crippen LogP contribution is -2.48. The van der Waals surface area contributed by atoms with E-state index in [0.717, 1.165) is 50.2 Å². The second kappa shape index (κ2) is 15.3. The zero-order chi connectivity index (χ0) is 38.9. The standard InChI is InChI=1S/C43H46F2N6O4/c1-27-21-32(13-14-33(27)23-46-41(54)55-42(2,3)4)39-37-22-34(24-51(37)48-26-47-39)29-7-5-28(6-8-29)17-19-50-20-18-36(43(44,45)25-50)31-11-9-30(10-12-31)35-15-16-38(52)49-40(35)53/h5-14,21-22,24,26,35-36H,15-20,23,25H2,1-4H3,(H,46,54)(H,49,52,53). The highest BCUT2D eigenvalue weighted by atomic mass is 19.3. The fourth-order valence-corrected chi connectivity index (χ4v) is 7.57. The Morgan fingerprint density at radius 3 is 2.38 bits per heavy atom. The van der Waals surface area contributed by atoms with Crippen LogP contribution < -0.4 is 10.6 Å². The highest BCUT2D eigenvalue weighted by Gasteiger charge is 2.45. The monoisotopic (exact) mass is 748 g/mol. The van der Waals surface area contributed by atoms with Gasteiger partial charge in [-0.2, -0.15) is 5.10 Å². The van der Waals surface area contributed by atoms with Gasteiger partial charge in [-0.1, -0.05) is 60.7 Å². The van der Waals surface area contributed by atoms with Crippen molar-refractivity contribution < 1.29 is 27.9 Å². The van der Waals surface area contributed by atoms with Crippen LogP contribution >= 0.6 is 0 Å². The van der Waals surface area contributed by atoms with Crippen LogP contribution in [0.25, 0.3) is 27.9 Å². The number of aromatic nitrogens is 3. The first-order valence-electron chi connectivity index (χ1n) is 18.8. The molecule has 7 rings (SSSR count). The topological polar surface area (TPSA) is 118 Å². The molecule has 286 valence electrons. The summed E-state index contributed by atoms with van der Waals surface area (Å²) in [5.41, 5.74) is 8.38. The molecule has 2 N–H and O–H groups in total. The van der Waals surface area contributed by atoms with Gasteiger partial charge < -0.3 is 10.1 Å². The molecule has 4 heterocycles. The zero-order valence-corrected chi connectivity index (χ0v) is 31.6. The van der Waals surface area contributed by atoms with Crippen molar-refractivity contribution in [1.82, 2.24) is 30.1 Å². The third-order valence-corrected chi connectivity index (χ3v) is 10.5. The van der Waals surface area contributed by atoms with Crippen molar-refractivity contribution in [2.45, 2.75) is 83.3 Å². The molecular formula is C43H46F2N6O4. The number of aryl methyl sites for hydroxylation is 1. The number of hydrogen-bond donors (Lipinski definition) is 2. The van der Waals surface area contributed by atoms with Crippen molar-refractivity contribution in [2.24, 2.45) is 0 Å². The normalized spacial score (nSPS) is 18.9. The molecule has 10 nitrogen and oxygen atoms in total. The van der Waals surface area contributed by atoms with Crippen LogP contribution in [0.4, 0.5) is 13.6 Å². The number of nitrogens with zero attached hydrogens (tertiary/aromatic N) is 4. The third-order valence-electron chi connectivity index (χ3n) is 10.5. The lowest BCUT2D eigenvalue weighted by molar-refractivity contribution is -0.134. The second-order valence-corrected chi connectivity index (χ2v) is 15.7. The van der Waals surface area contributed by atoms with Crippen LogP contribution in [0.5, 0.6) is 0 Å². The fraction of sp³-hybridized carbons (Fsp3) is 0.372. The van der Waals surface area contributed by atoms with Gasteiger partial charge in [0.15, 0.2) is 0 Å². The van der Waals surface area contributed by atoms with Gasteiger partial charge in [-0.3, -0.25) is 19.8 Å². The quantitative estimate of drug-likeness (QED) is 0.149. The van der Waals surface area contributed by atoms with Crippen molar-refractivity contribution in [3.63, 3.8) is 0 Å². The number of benzene rings is 3. The smallest absolute Gasteiger partial charge is 0.407 e. The van der Waals surface area contributed by atoms with Gasteiger partial charge in [0.05, 0.1) is 29.6 Å². The van der Waals surface area contributed by atoms with Gasteiger partial charge in [-0.15, -0.1) is 0 Å². The number of carbonyl (C=O) groups is 3. The minimum absolute atomic E-state index is 0.275. The van der Waals surface area contributed by atoms with E-state index in [4.69, 9.17) is 4.74 Å². The number of piperidine rings is 2. The van der Waals surface area contributed by atoms with Gasteiger partial charge in [0.25, 0.3) is 5.92 Å². The van der Waals surface area contributed by atoms with E-state index >= 15 is 8.78 Å². The summed E-state index contributed by atoms with van der Waals surface area (Å²) in [6.07, 6.45) is 4.74. The molecule has 3 aromatic carbocycles. The Morgan fingerprint density at radius 2 is 1.69 bits per heavy atom. The Morgan fingerprint density at radius 1 is 0.964 bits per heavy atom. The zero-order valence-electron chi connectivity index (χ0n) is 31.6. The third kappa shape index (κ3) is 8.75. The van der Waals surface area contributed by atoms with Crippen molar-refractivity contribution in [1.29, 1.82) is 0 Å². The number of ether oxygens (including phenoxy) is 1. The Kier molecular flexibility index (Phi) is 10.5. The minimum atomic E-state index is -2.89. The highest BCUT2D eigenvalue weighted by molar-refractivity contribution is 6.00. The summed E-state index contributed by atoms with van der Waals surface area (Å²) < 4.78 is 38.2. The van der Waals surface area contributed by atoms with Crippen LogP contribution in [0, 0.1) is 6.92 Å². The molecule has 55 heavy (non-hydrogen) atoms. The number of imide groups is 1. The average molecular weight is 749 g/mol. The molecule has 0 spiro atoms. The van der Waals surface area contributed by atoms with E-state index in [1.54, 1.807) is 24.3 Å². The summed E-state index contributed by atoms with van der Waals surface area (Å²) in [5.74, 6) is -4.82. The maximum atomic E-state index is 15.5. The lowest BCUT2D eigenvalue weighted by atomic mass is 9.84. The van der Waals surface area contributed by atoms with Gasteiger partial charge in [0.1, 0.15) is 11.9 Å². The molecule has 3 amide bonds. The summed E-state index contributed by atoms with van der Waals surface area (Å²) >= 11 is 0. The van der Waals surface area contributed by atoms with E-state index < -0.39 is 29.5 Å². The predicted octanol–water partition coefficient (Wildman–Crippen LogP) is 7.58. The average Bonchev–Trinajstić information content (AvgIpc) is 3.58. The molecule has 0 radical (unpaired) electrons. The second-order valence-electron chi connectivity index (χ2n) is 15.7. The van der Waals surface area contributed by atoms with E-state index in [1.807, 2.05) is 79.7 Å². The van der Waals surface area contributed by atoms with Crippen molar-refractivity contribution in [2.75, 3.05) is 19.6 Å². The number of fused-ring (bicyclic) bond motifs is 1. The lowest BCUT2D eigenvalue weighted by Gasteiger charge is -2.38. The molecule has 2 fully saturated rings. The Labute approximate surface area is 319 Å². The summed E-state index contributed by atoms with van der Waals surface area (Å²) in [5, 5.41) is 9.63. The molecule has 2 aromatic heterocycles. The molecule has 0 saturated carbocycles. The minimum Gasteiger partial charge on any atom is -0.444 e. The summed E-state index contributed by atoms with van der Waals surface area (Å²) in [4.78, 5) is 42.4. The molecule has 0 bridgehead atoms. The summed E-state index contributed by atoms with van der Waals surface area (Å²) in [7, 11) is 0. The van der Waals surface area contributed by atoms with E-state index in [0.29, 0.717) is 44.5 Å². The van der Waals surface area contributed by atoms with Gasteiger partial charge in [-0.05, 0) is 99.0 Å². The number of halogens is 2. The van der Waals surface area contributed by atoms with Crippen LogP contribution in [-0.2, 0) is 27.3 Å². The summed E-state index contributed by atoms with van der Waals surface area (Å²) in [6, 6.07) is 23.2. The molecule has 12 heteroatoms. The molecular weight excluding hydrogens is 703 g/mol. The fourth-order valence-electron chi connectivity index (χ4n) is 7.57. The predicted molar refractivity (Wildman–Crippen MR) is 206 cm³/mol. The first kappa shape index (κ1) is 37.8. The SMILES string of the molecule is Cc1cc(-c2ncnn3cc(-c4ccc(CCN5CCC(c6ccc(C7CCC(=O)NC7=O)cc6)C(F)(F)C5)cc4)cc23)ccc1CNC(=O)OC(C)(C)C. The summed E-state index contributed by atoms with van der Waals surface area (Å²) in [6.45, 7) is 8.62. The highest BCUT2D eigenvalue weighted by Crippen LogP contribution is 2.41. The Bertz CT molecular complexity index is 2210. The number of nitrogens with one attached hydrogen (secondary N) is 2. The van der Waals surface area contributed by atoms with Crippen LogP contribution in [-0.4, -0.2) is 68.6 Å². The van der Waals surface area contributed by atoms with E-state index in [9.17, 15) is 14.4 Å². The van der Waals surface area contributed by atoms with E-state index in [1.165, 1.54) is 6.33 Å². The molecule has 2 aliphatic heterocycles. The van der Waals surface area contributed by atoms with Crippen LogP contribution in [0.2, 0.25) is 0 Å². The first-order valence-corrected chi connectivity index (χ1v) is 18.8. The van der Waals surface area contributed by atoms with Crippen LogP contribution in [0.1, 0.15) is 79.7 Å². The number of rotatable bonds is 9. The van der Waals surface area contributed by atoms with Crippen LogP contribution in [0.3, 0.4) is 0 Å². The first-order chi connectivity index (χ1) is 26.2. The number of alkyl carbamates (subject to hydrolysis) is 1. The van der Waals surface area contributed by atoms with Crippen molar-refractivity contribution in [3.8, 4) is 22.4 Å². The molecule has 5 aromatic rings. The van der Waals surface area contributed by atoms with Gasteiger partial charge >= 0.3 is 6.09 Å². The molecule has 2 aliphatic rings. The molecule has 2 atom stereocenters. The van der Waals surface area contributed by atoms with Crippen LogP contribution in [0.15, 0.2) is 85.3 Å².